The number of aryl methyl sites for hydroxylation is 1. The highest BCUT2D eigenvalue weighted by atomic mass is 32.1. The Morgan fingerprint density at radius 2 is 2.00 bits per heavy atom. The predicted molar refractivity (Wildman–Crippen MR) is 75.0 cm³/mol. The Morgan fingerprint density at radius 3 is 2.47 bits per heavy atom. The number of amides is 1. The van der Waals surface area contributed by atoms with E-state index in [2.05, 4.69) is 5.32 Å². The van der Waals surface area contributed by atoms with Crippen LogP contribution >= 0.6 is 12.2 Å². The van der Waals surface area contributed by atoms with Gasteiger partial charge in [0.15, 0.2) is 0 Å². The molecule has 3 nitrogen and oxygen atoms in total. The first-order chi connectivity index (χ1) is 8.04. The molecule has 0 aromatic heterocycles. The molecule has 1 rings (SSSR count). The average molecular weight is 250 g/mol. The number of benzene rings is 1. The van der Waals surface area contributed by atoms with Crippen LogP contribution in [-0.4, -0.2) is 10.9 Å². The van der Waals surface area contributed by atoms with Gasteiger partial charge in [0, 0.05) is 5.69 Å². The van der Waals surface area contributed by atoms with Crippen molar-refractivity contribution in [2.45, 2.75) is 26.7 Å². The Morgan fingerprint density at radius 1 is 1.41 bits per heavy atom. The zero-order valence-corrected chi connectivity index (χ0v) is 11.0. The third-order valence-corrected chi connectivity index (χ3v) is 2.84. The second kappa shape index (κ2) is 6.35. The highest BCUT2D eigenvalue weighted by Crippen LogP contribution is 2.13. The first-order valence-corrected chi connectivity index (χ1v) is 6.12. The molecule has 0 aliphatic carbocycles. The van der Waals surface area contributed by atoms with Crippen LogP contribution < -0.4 is 11.1 Å². The fourth-order valence-electron chi connectivity index (χ4n) is 1.56. The van der Waals surface area contributed by atoms with E-state index in [0.29, 0.717) is 6.42 Å². The van der Waals surface area contributed by atoms with Crippen molar-refractivity contribution in [3.8, 4) is 0 Å². The van der Waals surface area contributed by atoms with Crippen LogP contribution in [0, 0.1) is 12.8 Å². The zero-order valence-electron chi connectivity index (χ0n) is 10.2. The molecule has 4 heteroatoms. The van der Waals surface area contributed by atoms with Crippen LogP contribution in [0.5, 0.6) is 0 Å². The molecular weight excluding hydrogens is 232 g/mol. The number of carbonyl (C=O) groups excluding carboxylic acids is 1. The summed E-state index contributed by atoms with van der Waals surface area (Å²) in [6.45, 7) is 4.00. The number of rotatable bonds is 5. The quantitative estimate of drug-likeness (QED) is 0.790. The molecule has 92 valence electrons. The number of hydrogen-bond donors (Lipinski definition) is 2. The van der Waals surface area contributed by atoms with E-state index in [-0.39, 0.29) is 16.8 Å². The van der Waals surface area contributed by atoms with Gasteiger partial charge in [-0.1, -0.05) is 43.3 Å². The lowest BCUT2D eigenvalue weighted by Gasteiger charge is -2.14. The minimum atomic E-state index is -0.378. The van der Waals surface area contributed by atoms with Gasteiger partial charge in [-0.25, -0.2) is 0 Å². The normalized spacial score (nSPS) is 11.9. The van der Waals surface area contributed by atoms with Crippen LogP contribution in [-0.2, 0) is 4.79 Å². The van der Waals surface area contributed by atoms with Crippen molar-refractivity contribution in [1.29, 1.82) is 0 Å². The maximum Gasteiger partial charge on any atom is 0.234 e. The van der Waals surface area contributed by atoms with E-state index < -0.39 is 0 Å². The molecule has 3 N–H and O–H groups in total. The molecular formula is C13H18N2OS. The topological polar surface area (TPSA) is 55.1 Å². The van der Waals surface area contributed by atoms with Gasteiger partial charge in [0.25, 0.3) is 0 Å². The van der Waals surface area contributed by atoms with E-state index in [1.165, 1.54) is 0 Å². The van der Waals surface area contributed by atoms with Crippen LogP contribution in [0.1, 0.15) is 25.3 Å². The molecule has 1 amide bonds. The van der Waals surface area contributed by atoms with Gasteiger partial charge < -0.3 is 11.1 Å². The van der Waals surface area contributed by atoms with Crippen molar-refractivity contribution in [1.82, 2.24) is 0 Å². The minimum absolute atomic E-state index is 0.122. The molecule has 1 atom stereocenters. The lowest BCUT2D eigenvalue weighted by molar-refractivity contribution is -0.118. The number of carbonyl (C=O) groups is 1. The summed E-state index contributed by atoms with van der Waals surface area (Å²) in [7, 11) is 0. The summed E-state index contributed by atoms with van der Waals surface area (Å²) in [6.07, 6.45) is 1.57. The summed E-state index contributed by atoms with van der Waals surface area (Å²) >= 11 is 4.91. The molecule has 0 aliphatic heterocycles. The SMILES string of the molecule is CCCC(C(=O)Nc1ccc(C)cc1)C(N)=S. The van der Waals surface area contributed by atoms with E-state index in [1.807, 2.05) is 38.1 Å². The van der Waals surface area contributed by atoms with Crippen LogP contribution in [0.15, 0.2) is 24.3 Å². The number of nitrogens with one attached hydrogen (secondary N) is 1. The molecule has 0 spiro atoms. The summed E-state index contributed by atoms with van der Waals surface area (Å²) in [4.78, 5) is 12.2. The van der Waals surface area contributed by atoms with Gasteiger partial charge >= 0.3 is 0 Å². The smallest absolute Gasteiger partial charge is 0.234 e. The van der Waals surface area contributed by atoms with Gasteiger partial charge in [-0.3, -0.25) is 4.79 Å². The van der Waals surface area contributed by atoms with Gasteiger partial charge in [-0.15, -0.1) is 0 Å². The molecule has 1 aromatic rings. The fourth-order valence-corrected chi connectivity index (χ4v) is 1.78. The highest BCUT2D eigenvalue weighted by molar-refractivity contribution is 7.80. The van der Waals surface area contributed by atoms with Crippen LogP contribution in [0.4, 0.5) is 5.69 Å². The van der Waals surface area contributed by atoms with E-state index in [9.17, 15) is 4.79 Å². The van der Waals surface area contributed by atoms with Gasteiger partial charge in [0.1, 0.15) is 0 Å². The van der Waals surface area contributed by atoms with Gasteiger partial charge in [-0.2, -0.15) is 0 Å². The van der Waals surface area contributed by atoms with Crippen molar-refractivity contribution in [3.63, 3.8) is 0 Å². The minimum Gasteiger partial charge on any atom is -0.393 e. The molecule has 0 saturated carbocycles. The molecule has 0 radical (unpaired) electrons. The van der Waals surface area contributed by atoms with Gasteiger partial charge in [0.2, 0.25) is 5.91 Å². The Hall–Kier alpha value is -1.42. The Balaban J connectivity index is 2.69. The monoisotopic (exact) mass is 250 g/mol. The lowest BCUT2D eigenvalue weighted by atomic mass is 10.0. The Bertz CT molecular complexity index is 400. The van der Waals surface area contributed by atoms with Gasteiger partial charge in [0.05, 0.1) is 10.9 Å². The molecule has 0 saturated heterocycles. The number of anilines is 1. The van der Waals surface area contributed by atoms with Crippen LogP contribution in [0.25, 0.3) is 0 Å². The maximum absolute atomic E-state index is 12.0. The second-order valence-electron chi connectivity index (χ2n) is 4.10. The first-order valence-electron chi connectivity index (χ1n) is 5.71. The number of hydrogen-bond acceptors (Lipinski definition) is 2. The van der Waals surface area contributed by atoms with Crippen LogP contribution in [0.2, 0.25) is 0 Å². The Kier molecular flexibility index (Phi) is 5.10. The molecule has 0 fully saturated rings. The zero-order chi connectivity index (χ0) is 12.8. The summed E-state index contributed by atoms with van der Waals surface area (Å²) in [5.74, 6) is -0.500. The lowest BCUT2D eigenvalue weighted by Crippen LogP contribution is -2.33. The molecule has 1 aromatic carbocycles. The van der Waals surface area contributed by atoms with E-state index in [1.54, 1.807) is 0 Å². The second-order valence-corrected chi connectivity index (χ2v) is 4.57. The first kappa shape index (κ1) is 13.6. The van der Waals surface area contributed by atoms with E-state index in [0.717, 1.165) is 17.7 Å². The van der Waals surface area contributed by atoms with Gasteiger partial charge in [-0.05, 0) is 25.5 Å². The molecule has 1 unspecified atom stereocenters. The summed E-state index contributed by atoms with van der Waals surface area (Å²) in [5.41, 5.74) is 7.50. The largest absolute Gasteiger partial charge is 0.393 e. The highest BCUT2D eigenvalue weighted by Gasteiger charge is 2.20. The third-order valence-electron chi connectivity index (χ3n) is 2.56. The van der Waals surface area contributed by atoms with Crippen LogP contribution in [0.3, 0.4) is 0 Å². The summed E-state index contributed by atoms with van der Waals surface area (Å²) in [5, 5.41) is 2.83. The maximum atomic E-state index is 12.0. The summed E-state index contributed by atoms with van der Waals surface area (Å²) in [6, 6.07) is 7.64. The molecule has 0 heterocycles. The third kappa shape index (κ3) is 4.15. The average Bonchev–Trinajstić information content (AvgIpc) is 2.28. The predicted octanol–water partition coefficient (Wildman–Crippen LogP) is 2.64. The number of nitrogens with two attached hydrogens (primary N) is 1. The van der Waals surface area contributed by atoms with Crippen molar-refractivity contribution >= 4 is 28.8 Å². The summed E-state index contributed by atoms with van der Waals surface area (Å²) < 4.78 is 0. The molecule has 17 heavy (non-hydrogen) atoms. The molecule has 0 aliphatic rings. The number of thiocarbonyl (C=S) groups is 1. The van der Waals surface area contributed by atoms with Crippen molar-refractivity contribution in [2.24, 2.45) is 11.7 Å². The molecule has 0 bridgehead atoms. The van der Waals surface area contributed by atoms with Crippen molar-refractivity contribution < 1.29 is 4.79 Å². The fraction of sp³-hybridized carbons (Fsp3) is 0.385. The van der Waals surface area contributed by atoms with Crippen molar-refractivity contribution in [2.75, 3.05) is 5.32 Å². The van der Waals surface area contributed by atoms with Crippen molar-refractivity contribution in [3.05, 3.63) is 29.8 Å². The van der Waals surface area contributed by atoms with E-state index in [4.69, 9.17) is 18.0 Å². The standard InChI is InChI=1S/C13H18N2OS/c1-3-4-11(12(14)17)13(16)15-10-7-5-9(2)6-8-10/h5-8,11H,3-4H2,1-2H3,(H2,14,17)(H,15,16). The van der Waals surface area contributed by atoms with E-state index >= 15 is 0 Å². The Labute approximate surface area is 107 Å².